The molecule has 3 aromatic heterocycles. The molecule has 2 N–H and O–H groups in total. The van der Waals surface area contributed by atoms with Crippen molar-refractivity contribution in [1.82, 2.24) is 19.7 Å². The van der Waals surface area contributed by atoms with Gasteiger partial charge in [-0.1, -0.05) is 18.2 Å². The molecule has 13 heteroatoms. The van der Waals surface area contributed by atoms with Crippen LogP contribution in [-0.4, -0.2) is 26.4 Å². The van der Waals surface area contributed by atoms with Gasteiger partial charge in [-0.05, 0) is 55.0 Å². The molecule has 0 aliphatic heterocycles. The van der Waals surface area contributed by atoms with E-state index < -0.39 is 41.3 Å². The van der Waals surface area contributed by atoms with Gasteiger partial charge in [0.05, 0.1) is 10.9 Å². The number of hydrogen-bond acceptors (Lipinski definition) is 7. The first kappa shape index (κ1) is 26.9. The van der Waals surface area contributed by atoms with Gasteiger partial charge in [-0.25, -0.2) is 27.8 Å². The number of rotatable bonds is 6. The van der Waals surface area contributed by atoms with Gasteiger partial charge in [-0.15, -0.1) is 0 Å². The molecule has 6 aromatic rings. The molecular weight excluding hydrogens is 561 g/mol. The second-order valence-electron chi connectivity index (χ2n) is 9.24. The highest BCUT2D eigenvalue weighted by Gasteiger charge is 2.28. The Morgan fingerprint density at radius 3 is 2.45 bits per heavy atom. The Balaban J connectivity index is 1.60. The Morgan fingerprint density at radius 1 is 0.929 bits per heavy atom. The maximum absolute atomic E-state index is 14.8. The highest BCUT2D eigenvalue weighted by atomic mass is 19.3. The average molecular weight is 579 g/mol. The number of anilines is 1. The summed E-state index contributed by atoms with van der Waals surface area (Å²) in [4.78, 5) is 22.0. The Morgan fingerprint density at radius 2 is 1.71 bits per heavy atom. The van der Waals surface area contributed by atoms with Crippen LogP contribution < -0.4 is 15.9 Å². The van der Waals surface area contributed by atoms with Gasteiger partial charge in [0.25, 0.3) is 0 Å². The third kappa shape index (κ3) is 4.48. The third-order valence-electron chi connectivity index (χ3n) is 6.69. The molecule has 212 valence electrons. The fourth-order valence-corrected chi connectivity index (χ4v) is 4.85. The number of ether oxygens (including phenoxy) is 1. The largest absolute Gasteiger partial charge is 0.458 e. The maximum Gasteiger partial charge on any atom is 0.387 e. The van der Waals surface area contributed by atoms with Crippen LogP contribution in [0.3, 0.4) is 0 Å². The first-order chi connectivity index (χ1) is 20.1. The molecule has 42 heavy (non-hydrogen) atoms. The van der Waals surface area contributed by atoms with Gasteiger partial charge >= 0.3 is 6.61 Å². The minimum absolute atomic E-state index is 0.00342. The van der Waals surface area contributed by atoms with E-state index in [0.29, 0.717) is 0 Å². The van der Waals surface area contributed by atoms with Crippen LogP contribution in [0.2, 0.25) is 0 Å². The normalized spacial score (nSPS) is 12.4. The van der Waals surface area contributed by atoms with Crippen molar-refractivity contribution in [2.24, 2.45) is 0 Å². The topological polar surface area (TPSA) is 109 Å². The predicted octanol–water partition coefficient (Wildman–Crippen LogP) is 6.48. The van der Waals surface area contributed by atoms with Gasteiger partial charge in [0.2, 0.25) is 5.43 Å². The van der Waals surface area contributed by atoms with Gasteiger partial charge in [0.15, 0.2) is 17.2 Å². The Kier molecular flexibility index (Phi) is 6.56. The molecule has 0 aliphatic carbocycles. The van der Waals surface area contributed by atoms with Crippen LogP contribution in [0.15, 0.2) is 76.2 Å². The van der Waals surface area contributed by atoms with Crippen molar-refractivity contribution in [2.45, 2.75) is 19.6 Å². The molecule has 0 spiro atoms. The summed E-state index contributed by atoms with van der Waals surface area (Å²) in [6.45, 7) is -1.62. The lowest BCUT2D eigenvalue weighted by molar-refractivity contribution is -0.0521. The van der Waals surface area contributed by atoms with Crippen molar-refractivity contribution in [3.05, 3.63) is 100 Å². The van der Waals surface area contributed by atoms with Gasteiger partial charge in [-0.3, -0.25) is 4.79 Å². The molecule has 3 aromatic carbocycles. The number of fused-ring (bicyclic) bond motifs is 2. The maximum atomic E-state index is 14.8. The lowest BCUT2D eigenvalue weighted by Crippen LogP contribution is -2.17. The molecule has 6 rings (SSSR count). The number of alkyl halides is 2. The first-order valence-corrected chi connectivity index (χ1v) is 12.4. The quantitative estimate of drug-likeness (QED) is 0.225. The molecule has 0 radical (unpaired) electrons. The van der Waals surface area contributed by atoms with Crippen LogP contribution in [-0.2, 0) is 0 Å². The zero-order valence-electron chi connectivity index (χ0n) is 21.5. The van der Waals surface area contributed by atoms with Crippen molar-refractivity contribution in [2.75, 3.05) is 5.73 Å². The molecule has 0 amide bonds. The van der Waals surface area contributed by atoms with Crippen LogP contribution in [0.5, 0.6) is 5.75 Å². The van der Waals surface area contributed by atoms with Gasteiger partial charge in [0.1, 0.15) is 52.2 Å². The van der Waals surface area contributed by atoms with Crippen molar-refractivity contribution in [3.63, 3.8) is 0 Å². The van der Waals surface area contributed by atoms with Gasteiger partial charge in [-0.2, -0.15) is 13.9 Å². The van der Waals surface area contributed by atoms with Crippen LogP contribution in [0.1, 0.15) is 18.7 Å². The fraction of sp³-hybridized carbons (Fsp3) is 0.103. The molecule has 0 saturated carbocycles. The molecule has 0 bridgehead atoms. The lowest BCUT2D eigenvalue weighted by atomic mass is 9.99. The summed E-state index contributed by atoms with van der Waals surface area (Å²) in [6, 6.07) is 11.4. The minimum atomic E-state index is -3.23. The summed E-state index contributed by atoms with van der Waals surface area (Å²) in [5.41, 5.74) is 5.79. The number of nitrogens with two attached hydrogens (primary N) is 1. The third-order valence-corrected chi connectivity index (χ3v) is 6.69. The van der Waals surface area contributed by atoms with Crippen molar-refractivity contribution < 1.29 is 31.1 Å². The highest BCUT2D eigenvalue weighted by molar-refractivity contribution is 5.98. The summed E-state index contributed by atoms with van der Waals surface area (Å²) in [6.07, 6.45) is 1.17. The monoisotopic (exact) mass is 579 g/mol. The number of nitrogens with zero attached hydrogens (tertiary/aromatic N) is 4. The second kappa shape index (κ2) is 10.3. The standard InChI is InChI=1S/C29H18F5N5O3/c1-13(26-21(14-4-2-5-16(30)10-14)25(40)22-17(31)6-3-7-20(22)41-26)39-28-23(27(35)36-12-37-28)24(38-39)15-8-9-19(18(32)11-15)42-29(33)34/h2-13,29H,1H3,(H2,35,36,37). The van der Waals surface area contributed by atoms with E-state index in [1.807, 2.05) is 0 Å². The molecule has 0 saturated heterocycles. The molecule has 8 nitrogen and oxygen atoms in total. The predicted molar refractivity (Wildman–Crippen MR) is 143 cm³/mol. The van der Waals surface area contributed by atoms with E-state index in [0.717, 1.165) is 24.3 Å². The molecule has 1 unspecified atom stereocenters. The van der Waals surface area contributed by atoms with Crippen molar-refractivity contribution in [1.29, 1.82) is 0 Å². The summed E-state index contributed by atoms with van der Waals surface area (Å²) >= 11 is 0. The molecule has 0 aliphatic rings. The van der Waals surface area contributed by atoms with E-state index in [-0.39, 0.29) is 56.0 Å². The van der Waals surface area contributed by atoms with E-state index in [1.165, 1.54) is 47.4 Å². The summed E-state index contributed by atoms with van der Waals surface area (Å²) in [7, 11) is 0. The zero-order valence-corrected chi connectivity index (χ0v) is 21.5. The summed E-state index contributed by atoms with van der Waals surface area (Å²) in [5, 5.41) is 4.46. The van der Waals surface area contributed by atoms with Gasteiger partial charge < -0.3 is 14.9 Å². The Labute approximate surface area is 232 Å². The number of nitrogen functional groups attached to an aromatic ring is 1. The number of aromatic nitrogens is 4. The van der Waals surface area contributed by atoms with Crippen LogP contribution in [0, 0.1) is 17.5 Å². The average Bonchev–Trinajstić information content (AvgIpc) is 3.34. The van der Waals surface area contributed by atoms with Crippen LogP contribution >= 0.6 is 0 Å². The molecule has 0 fully saturated rings. The van der Waals surface area contributed by atoms with E-state index in [2.05, 4.69) is 19.8 Å². The van der Waals surface area contributed by atoms with Crippen LogP contribution in [0.4, 0.5) is 27.8 Å². The lowest BCUT2D eigenvalue weighted by Gasteiger charge is -2.17. The van der Waals surface area contributed by atoms with E-state index in [1.54, 1.807) is 6.92 Å². The van der Waals surface area contributed by atoms with Crippen LogP contribution in [0.25, 0.3) is 44.4 Å². The minimum Gasteiger partial charge on any atom is -0.458 e. The van der Waals surface area contributed by atoms with Crippen molar-refractivity contribution >= 4 is 27.8 Å². The fourth-order valence-electron chi connectivity index (χ4n) is 4.85. The molecule has 1 atom stereocenters. The number of benzene rings is 3. The SMILES string of the molecule is CC(c1oc2cccc(F)c2c(=O)c1-c1cccc(F)c1)n1nc(-c2ccc(OC(F)F)c(F)c2)c2c(N)ncnc21. The smallest absolute Gasteiger partial charge is 0.387 e. The second-order valence-corrected chi connectivity index (χ2v) is 9.24. The van der Waals surface area contributed by atoms with E-state index in [9.17, 15) is 26.7 Å². The van der Waals surface area contributed by atoms with Gasteiger partial charge in [0, 0.05) is 5.56 Å². The van der Waals surface area contributed by atoms with E-state index in [4.69, 9.17) is 10.2 Å². The molecule has 3 heterocycles. The number of hydrogen-bond donors (Lipinski definition) is 1. The summed E-state index contributed by atoms with van der Waals surface area (Å²) < 4.78 is 80.6. The number of halogens is 5. The molecular formula is C29H18F5N5O3. The van der Waals surface area contributed by atoms with E-state index >= 15 is 0 Å². The Bertz CT molecular complexity index is 2060. The Hall–Kier alpha value is -5.33. The first-order valence-electron chi connectivity index (χ1n) is 12.4. The summed E-state index contributed by atoms with van der Waals surface area (Å²) in [5.74, 6) is -3.20. The highest BCUT2D eigenvalue weighted by Crippen LogP contribution is 2.37. The van der Waals surface area contributed by atoms with Crippen molar-refractivity contribution in [3.8, 4) is 28.1 Å². The zero-order chi connectivity index (χ0) is 29.7.